The van der Waals surface area contributed by atoms with E-state index in [9.17, 15) is 9.59 Å². The topological polar surface area (TPSA) is 218 Å². The van der Waals surface area contributed by atoms with Crippen molar-refractivity contribution in [3.8, 4) is 22.8 Å². The van der Waals surface area contributed by atoms with Gasteiger partial charge in [0.05, 0.1) is 18.1 Å². The molecule has 4 aromatic heterocycles. The molecule has 0 bridgehead atoms. The third-order valence-corrected chi connectivity index (χ3v) is 21.4. The largest absolute Gasteiger partial charge is 0.381 e. The highest BCUT2D eigenvalue weighted by atomic mass is 16.5. The number of amides is 2. The number of hydrogen-bond acceptors (Lipinski definition) is 20. The summed E-state index contributed by atoms with van der Waals surface area (Å²) in [6, 6.07) is 30.5. The lowest BCUT2D eigenvalue weighted by Crippen LogP contribution is -2.63. The summed E-state index contributed by atoms with van der Waals surface area (Å²) < 4.78 is 11.6. The van der Waals surface area contributed by atoms with E-state index in [1.54, 1.807) is 12.4 Å². The molecule has 90 heavy (non-hydrogen) atoms. The molecule has 0 atom stereocenters. The monoisotopic (exact) mass is 1220 g/mol. The van der Waals surface area contributed by atoms with Crippen LogP contribution in [0.25, 0.3) is 22.8 Å². The fourth-order valence-electron chi connectivity index (χ4n) is 15.6. The summed E-state index contributed by atoms with van der Waals surface area (Å²) in [5.41, 5.74) is 12.7. The van der Waals surface area contributed by atoms with Gasteiger partial charge >= 0.3 is 0 Å². The maximum absolute atomic E-state index is 14.8. The lowest BCUT2D eigenvalue weighted by Gasteiger charge is -2.55. The first kappa shape index (κ1) is 58.8. The smallest absolute Gasteiger partial charge is 0.274 e. The molecular weight excluding hydrogens is 1130 g/mol. The summed E-state index contributed by atoms with van der Waals surface area (Å²) >= 11 is 0. The van der Waals surface area contributed by atoms with Crippen LogP contribution in [0.1, 0.15) is 98.0 Å². The van der Waals surface area contributed by atoms with Crippen molar-refractivity contribution >= 4 is 57.8 Å². The van der Waals surface area contributed by atoms with E-state index in [1.807, 2.05) is 48.5 Å². The normalized spacial score (nSPS) is 22.1. The molecule has 5 N–H and O–H groups in total. The van der Waals surface area contributed by atoms with Crippen molar-refractivity contribution in [3.05, 3.63) is 109 Å². The van der Waals surface area contributed by atoms with Crippen molar-refractivity contribution in [3.63, 3.8) is 0 Å². The van der Waals surface area contributed by atoms with Crippen LogP contribution < -0.4 is 41.3 Å². The molecule has 8 saturated heterocycles. The second kappa shape index (κ2) is 25.6. The van der Waals surface area contributed by atoms with E-state index >= 15 is 0 Å². The van der Waals surface area contributed by atoms with E-state index in [0.29, 0.717) is 85.4 Å². The molecule has 0 unspecified atom stereocenters. The highest BCUT2D eigenvalue weighted by Crippen LogP contribution is 2.47. The van der Waals surface area contributed by atoms with Crippen LogP contribution in [0.5, 0.6) is 0 Å². The molecule has 22 heteroatoms. The predicted octanol–water partition coefficient (Wildman–Crippen LogP) is 7.22. The van der Waals surface area contributed by atoms with Crippen LogP contribution >= 0.6 is 0 Å². The maximum atomic E-state index is 14.8. The Hall–Kier alpha value is -7.60. The molecule has 2 spiro atoms. The summed E-state index contributed by atoms with van der Waals surface area (Å²) in [6.45, 7) is 17.3. The standard InChI is InChI=1S/C68H86N18O4/c69-61(87)59-62(77-64(57(75-59)55-5-1-3-27-70-55)85-33-21-67(85)23-43-89-44-24-67)73-48-7-11-50(12-8-48)80-29-17-53(18-30-80)82-37-35-79(36-38-82)47-72-66(88)60-63(78-65(58(76-60)56-6-2-4-28-71-56)86-34-22-68(86)25-45-90-46-26-68)74-49-9-13-51(14-10-49)81-31-19-54(20-32-81)84-41-39-83(40-42-84)52-15-16-52/h1-14,27-28,52-54H,15-26,29-47H2,(H2,69,87)(H,72,88)(H,73,77)(H,74,78). The van der Waals surface area contributed by atoms with Crippen LogP contribution in [0.4, 0.5) is 46.0 Å². The average Bonchev–Trinajstić information content (AvgIpc) is 1.68. The number of benzene rings is 2. The zero-order valence-corrected chi connectivity index (χ0v) is 51.9. The highest BCUT2D eigenvalue weighted by molar-refractivity contribution is 5.99. The number of anilines is 8. The molecule has 6 aromatic rings. The number of nitrogens with one attached hydrogen (secondary N) is 3. The highest BCUT2D eigenvalue weighted by Gasteiger charge is 2.49. The minimum absolute atomic E-state index is 0.0615. The maximum Gasteiger partial charge on any atom is 0.274 e. The van der Waals surface area contributed by atoms with E-state index < -0.39 is 5.91 Å². The molecular formula is C68H86N18O4. The van der Waals surface area contributed by atoms with Gasteiger partial charge in [-0.2, -0.15) is 0 Å². The first-order valence-corrected chi connectivity index (χ1v) is 33.4. The molecule has 9 fully saturated rings. The van der Waals surface area contributed by atoms with E-state index in [-0.39, 0.29) is 28.4 Å². The number of primary amides is 1. The number of pyridine rings is 2. The zero-order chi connectivity index (χ0) is 60.6. The van der Waals surface area contributed by atoms with Gasteiger partial charge in [-0.05, 0) is 150 Å². The Morgan fingerprint density at radius 3 is 1.30 bits per heavy atom. The number of ether oxygens (including phenoxy) is 2. The molecule has 0 radical (unpaired) electrons. The van der Waals surface area contributed by atoms with Gasteiger partial charge in [0.15, 0.2) is 34.7 Å². The number of hydrogen-bond donors (Lipinski definition) is 4. The first-order valence-electron chi connectivity index (χ1n) is 33.4. The number of carbonyl (C=O) groups is 2. The number of piperazine rings is 2. The van der Waals surface area contributed by atoms with Gasteiger partial charge in [-0.1, -0.05) is 12.1 Å². The molecule has 2 amide bonds. The Kier molecular flexibility index (Phi) is 16.7. The van der Waals surface area contributed by atoms with Crippen LogP contribution in [0, 0.1) is 0 Å². The summed E-state index contributed by atoms with van der Waals surface area (Å²) in [6.07, 6.45) is 16.5. The molecule has 12 heterocycles. The quantitative estimate of drug-likeness (QED) is 0.0709. The Morgan fingerprint density at radius 1 is 0.478 bits per heavy atom. The molecule has 15 rings (SSSR count). The van der Waals surface area contributed by atoms with Crippen molar-refractivity contribution in [1.29, 1.82) is 0 Å². The van der Waals surface area contributed by atoms with E-state index in [0.717, 1.165) is 146 Å². The third kappa shape index (κ3) is 12.1. The minimum atomic E-state index is -0.659. The Balaban J connectivity index is 0.580. The van der Waals surface area contributed by atoms with Crippen molar-refractivity contribution in [2.75, 3.05) is 155 Å². The van der Waals surface area contributed by atoms with Crippen LogP contribution in [0.3, 0.4) is 0 Å². The summed E-state index contributed by atoms with van der Waals surface area (Å²) in [5, 5.41) is 10.3. The fourth-order valence-corrected chi connectivity index (χ4v) is 15.6. The average molecular weight is 1220 g/mol. The van der Waals surface area contributed by atoms with Crippen LogP contribution in [0.15, 0.2) is 97.3 Å². The van der Waals surface area contributed by atoms with Crippen LogP contribution in [-0.2, 0) is 9.47 Å². The Labute approximate surface area is 527 Å². The van der Waals surface area contributed by atoms with Gasteiger partial charge in [-0.3, -0.25) is 39.2 Å². The fraction of sp³-hybridized carbons (Fsp3) is 0.529. The number of nitrogens with zero attached hydrogens (tertiary/aromatic N) is 14. The number of rotatable bonds is 17. The molecule has 472 valence electrons. The van der Waals surface area contributed by atoms with E-state index in [1.165, 1.54) is 57.5 Å². The van der Waals surface area contributed by atoms with Crippen molar-refractivity contribution in [2.24, 2.45) is 5.73 Å². The molecule has 1 saturated carbocycles. The second-order valence-corrected chi connectivity index (χ2v) is 26.4. The van der Waals surface area contributed by atoms with Gasteiger partial charge < -0.3 is 50.8 Å². The SMILES string of the molecule is NC(=O)c1nc(-c2ccccn2)c(N2CCC23CCOCC3)nc1Nc1ccc(N2CCC(N3CCN(CNC(=O)c4nc(-c5ccccn5)c(N5CCC56CCOCC6)nc4Nc4ccc(N5CCC(N6CCN(C7CC7)CC6)CC5)cc4)CC3)CC2)cc1. The van der Waals surface area contributed by atoms with Crippen molar-refractivity contribution < 1.29 is 19.1 Å². The van der Waals surface area contributed by atoms with Gasteiger partial charge in [0.1, 0.15) is 11.4 Å². The molecule has 8 aliphatic heterocycles. The zero-order valence-electron chi connectivity index (χ0n) is 51.9. The summed E-state index contributed by atoms with van der Waals surface area (Å²) in [5.74, 6) is 1.28. The summed E-state index contributed by atoms with van der Waals surface area (Å²) in [7, 11) is 0. The second-order valence-electron chi connectivity index (χ2n) is 26.4. The number of nitrogens with two attached hydrogens (primary N) is 1. The molecule has 2 aromatic carbocycles. The lowest BCUT2D eigenvalue weighted by molar-refractivity contribution is 0.0283. The summed E-state index contributed by atoms with van der Waals surface area (Å²) in [4.78, 5) is 78.0. The first-order chi connectivity index (χ1) is 44.2. The van der Waals surface area contributed by atoms with E-state index in [4.69, 9.17) is 40.1 Å². The third-order valence-electron chi connectivity index (χ3n) is 21.4. The van der Waals surface area contributed by atoms with Crippen molar-refractivity contribution in [2.45, 2.75) is 106 Å². The van der Waals surface area contributed by atoms with E-state index in [2.05, 4.69) is 96.5 Å². The lowest BCUT2D eigenvalue weighted by atomic mass is 9.78. The van der Waals surface area contributed by atoms with Crippen molar-refractivity contribution in [1.82, 2.24) is 54.8 Å². The number of carbonyl (C=O) groups excluding carboxylic acids is 2. The number of piperidine rings is 2. The molecule has 22 nitrogen and oxygen atoms in total. The number of aromatic nitrogens is 6. The Bertz CT molecular complexity index is 3460. The van der Waals surface area contributed by atoms with Gasteiger partial charge in [0.2, 0.25) is 0 Å². The predicted molar refractivity (Wildman–Crippen MR) is 350 cm³/mol. The van der Waals surface area contributed by atoms with Gasteiger partial charge in [-0.15, -0.1) is 0 Å². The van der Waals surface area contributed by atoms with Gasteiger partial charge in [0, 0.05) is 182 Å². The molecule has 9 aliphatic rings. The molecule has 1 aliphatic carbocycles. The van der Waals surface area contributed by atoms with Crippen LogP contribution in [0.2, 0.25) is 0 Å². The minimum Gasteiger partial charge on any atom is -0.381 e. The van der Waals surface area contributed by atoms with Gasteiger partial charge in [0.25, 0.3) is 11.8 Å². The van der Waals surface area contributed by atoms with Crippen LogP contribution in [-0.4, -0.2) is 215 Å². The van der Waals surface area contributed by atoms with Gasteiger partial charge in [-0.25, -0.2) is 19.9 Å². The Morgan fingerprint density at radius 2 is 0.900 bits per heavy atom.